The lowest BCUT2D eigenvalue weighted by Gasteiger charge is -2.15. The van der Waals surface area contributed by atoms with Crippen molar-refractivity contribution in [1.29, 1.82) is 0 Å². The third kappa shape index (κ3) is 3.08. The molecule has 2 rings (SSSR count). The molecule has 2 heterocycles. The molecule has 0 aliphatic rings. The Morgan fingerprint density at radius 1 is 1.27 bits per heavy atom. The maximum absolute atomic E-state index is 12.2. The Kier molecular flexibility index (Phi) is 4.73. The lowest BCUT2D eigenvalue weighted by atomic mass is 10.1. The van der Waals surface area contributed by atoms with Gasteiger partial charge in [-0.05, 0) is 25.7 Å². The maximum atomic E-state index is 12.2. The van der Waals surface area contributed by atoms with E-state index in [1.807, 2.05) is 4.57 Å². The van der Waals surface area contributed by atoms with E-state index in [0.717, 1.165) is 12.8 Å². The van der Waals surface area contributed by atoms with Gasteiger partial charge in [0.15, 0.2) is 11.2 Å². The summed E-state index contributed by atoms with van der Waals surface area (Å²) in [4.78, 5) is 30.8. The smallest absolute Gasteiger partial charge is 0.329 e. The summed E-state index contributed by atoms with van der Waals surface area (Å²) in [5.74, 6) is 1.16. The van der Waals surface area contributed by atoms with E-state index in [0.29, 0.717) is 29.6 Å². The van der Waals surface area contributed by atoms with Crippen molar-refractivity contribution in [3.8, 4) is 0 Å². The van der Waals surface area contributed by atoms with Crippen molar-refractivity contribution in [2.75, 3.05) is 5.32 Å². The summed E-state index contributed by atoms with van der Waals surface area (Å²) >= 11 is 0. The van der Waals surface area contributed by atoms with E-state index in [9.17, 15) is 9.59 Å². The van der Waals surface area contributed by atoms with Gasteiger partial charge in [0.05, 0.1) is 0 Å². The summed E-state index contributed by atoms with van der Waals surface area (Å²) in [6.45, 7) is 9.12. The molecule has 0 radical (unpaired) electrons. The van der Waals surface area contributed by atoms with Crippen LogP contribution in [0.1, 0.15) is 40.5 Å². The summed E-state index contributed by atoms with van der Waals surface area (Å²) in [7, 11) is 1.62. The van der Waals surface area contributed by atoms with Crippen LogP contribution in [0.5, 0.6) is 0 Å². The number of imidazole rings is 1. The Hall–Kier alpha value is -2.05. The van der Waals surface area contributed by atoms with E-state index >= 15 is 0 Å². The summed E-state index contributed by atoms with van der Waals surface area (Å²) < 4.78 is 3.27. The van der Waals surface area contributed by atoms with Gasteiger partial charge >= 0.3 is 5.69 Å². The van der Waals surface area contributed by atoms with Crippen LogP contribution in [0.2, 0.25) is 0 Å². The minimum absolute atomic E-state index is 0.241. The van der Waals surface area contributed by atoms with Crippen molar-refractivity contribution in [3.05, 3.63) is 20.8 Å². The van der Waals surface area contributed by atoms with Gasteiger partial charge in [-0.25, -0.2) is 4.79 Å². The Morgan fingerprint density at radius 3 is 2.55 bits per heavy atom. The third-order valence-electron chi connectivity index (χ3n) is 3.93. The van der Waals surface area contributed by atoms with Crippen molar-refractivity contribution in [3.63, 3.8) is 0 Å². The predicted octanol–water partition coefficient (Wildman–Crippen LogP) is 1.68. The molecule has 0 fully saturated rings. The zero-order valence-corrected chi connectivity index (χ0v) is 13.9. The van der Waals surface area contributed by atoms with Gasteiger partial charge < -0.3 is 9.88 Å². The highest BCUT2D eigenvalue weighted by Crippen LogP contribution is 2.18. The molecule has 2 aromatic heterocycles. The first-order chi connectivity index (χ1) is 10.3. The van der Waals surface area contributed by atoms with Crippen LogP contribution in [0.4, 0.5) is 5.95 Å². The van der Waals surface area contributed by atoms with Gasteiger partial charge in [0.25, 0.3) is 5.56 Å². The van der Waals surface area contributed by atoms with Crippen LogP contribution in [-0.2, 0) is 13.6 Å². The highest BCUT2D eigenvalue weighted by atomic mass is 16.2. The molecular formula is C15H25N5O2. The van der Waals surface area contributed by atoms with Crippen molar-refractivity contribution in [2.24, 2.45) is 13.0 Å². The number of nitrogens with zero attached hydrogens (tertiary/aromatic N) is 3. The highest BCUT2D eigenvalue weighted by molar-refractivity contribution is 5.74. The summed E-state index contributed by atoms with van der Waals surface area (Å²) in [6.07, 6.45) is 1.88. The molecule has 0 aliphatic carbocycles. The minimum Gasteiger partial charge on any atom is -0.353 e. The molecular weight excluding hydrogens is 282 g/mol. The number of nitrogens with one attached hydrogen (secondary N) is 2. The number of anilines is 1. The molecule has 2 aromatic rings. The van der Waals surface area contributed by atoms with Crippen molar-refractivity contribution in [2.45, 2.75) is 53.1 Å². The molecule has 7 heteroatoms. The van der Waals surface area contributed by atoms with Crippen LogP contribution in [0.25, 0.3) is 11.2 Å². The molecule has 0 bridgehead atoms. The zero-order valence-electron chi connectivity index (χ0n) is 13.9. The van der Waals surface area contributed by atoms with E-state index in [2.05, 4.69) is 43.0 Å². The van der Waals surface area contributed by atoms with Crippen LogP contribution in [0, 0.1) is 5.92 Å². The molecule has 0 aromatic carbocycles. The van der Waals surface area contributed by atoms with Crippen LogP contribution >= 0.6 is 0 Å². The molecule has 2 N–H and O–H groups in total. The van der Waals surface area contributed by atoms with Gasteiger partial charge in [-0.3, -0.25) is 14.3 Å². The molecule has 0 aliphatic heterocycles. The first-order valence-electron chi connectivity index (χ1n) is 7.81. The number of fused-ring (bicyclic) bond motifs is 1. The molecule has 7 nitrogen and oxygen atoms in total. The molecule has 22 heavy (non-hydrogen) atoms. The predicted molar refractivity (Wildman–Crippen MR) is 88.4 cm³/mol. The van der Waals surface area contributed by atoms with Crippen molar-refractivity contribution >= 4 is 17.1 Å². The molecule has 0 saturated carbocycles. The fraction of sp³-hybridized carbons (Fsp3) is 0.667. The first-order valence-corrected chi connectivity index (χ1v) is 7.81. The normalized spacial score (nSPS) is 13.0. The van der Waals surface area contributed by atoms with E-state index < -0.39 is 5.69 Å². The average molecular weight is 307 g/mol. The van der Waals surface area contributed by atoms with E-state index in [4.69, 9.17) is 0 Å². The summed E-state index contributed by atoms with van der Waals surface area (Å²) in [5, 5.41) is 3.33. The Labute approximate surface area is 129 Å². The number of rotatable bonds is 6. The fourth-order valence-electron chi connectivity index (χ4n) is 2.27. The largest absolute Gasteiger partial charge is 0.353 e. The van der Waals surface area contributed by atoms with Gasteiger partial charge in [-0.2, -0.15) is 4.98 Å². The Balaban J connectivity index is 2.63. The summed E-state index contributed by atoms with van der Waals surface area (Å²) in [5.41, 5.74) is 0.0459. The lowest BCUT2D eigenvalue weighted by Crippen LogP contribution is -2.29. The SMILES string of the molecule is CC[C@@H](C)Nc1nc2c(c(=O)[nH]c(=O)n2C)n1CCC(C)C. The second-order valence-corrected chi connectivity index (χ2v) is 6.21. The standard InChI is InChI=1S/C15H25N5O2/c1-6-10(4)16-14-17-12-11(20(14)8-7-9(2)3)13(21)18-15(22)19(12)5/h9-10H,6-8H2,1-5H3,(H,16,17)(H,18,21,22)/t10-/m1/s1. The molecule has 0 unspecified atom stereocenters. The van der Waals surface area contributed by atoms with Gasteiger partial charge in [0.2, 0.25) is 5.95 Å². The van der Waals surface area contributed by atoms with Crippen LogP contribution in [0.15, 0.2) is 9.59 Å². The van der Waals surface area contributed by atoms with Gasteiger partial charge in [0.1, 0.15) is 0 Å². The molecule has 0 saturated heterocycles. The second kappa shape index (κ2) is 6.37. The van der Waals surface area contributed by atoms with Crippen LogP contribution in [0.3, 0.4) is 0 Å². The maximum Gasteiger partial charge on any atom is 0.329 e. The van der Waals surface area contributed by atoms with E-state index in [1.54, 1.807) is 7.05 Å². The van der Waals surface area contributed by atoms with Crippen molar-refractivity contribution in [1.82, 2.24) is 19.1 Å². The Morgan fingerprint density at radius 2 is 1.95 bits per heavy atom. The van der Waals surface area contributed by atoms with Crippen molar-refractivity contribution < 1.29 is 0 Å². The van der Waals surface area contributed by atoms with Crippen LogP contribution in [-0.4, -0.2) is 25.1 Å². The van der Waals surface area contributed by atoms with Gasteiger partial charge in [-0.15, -0.1) is 0 Å². The number of aryl methyl sites for hydroxylation is 2. The minimum atomic E-state index is -0.443. The monoisotopic (exact) mass is 307 g/mol. The van der Waals surface area contributed by atoms with E-state index in [-0.39, 0.29) is 11.6 Å². The molecule has 122 valence electrons. The quantitative estimate of drug-likeness (QED) is 0.850. The van der Waals surface area contributed by atoms with E-state index in [1.165, 1.54) is 4.57 Å². The topological polar surface area (TPSA) is 84.7 Å². The third-order valence-corrected chi connectivity index (χ3v) is 3.93. The zero-order chi connectivity index (χ0) is 16.4. The second-order valence-electron chi connectivity index (χ2n) is 6.21. The Bertz CT molecular complexity index is 769. The van der Waals surface area contributed by atoms with Gasteiger partial charge in [-0.1, -0.05) is 20.8 Å². The number of hydrogen-bond donors (Lipinski definition) is 2. The molecule has 0 amide bonds. The lowest BCUT2D eigenvalue weighted by molar-refractivity contribution is 0.523. The number of hydrogen-bond acceptors (Lipinski definition) is 4. The number of aromatic amines is 1. The number of H-pyrrole nitrogens is 1. The number of aromatic nitrogens is 4. The fourth-order valence-corrected chi connectivity index (χ4v) is 2.27. The van der Waals surface area contributed by atoms with Gasteiger partial charge in [0, 0.05) is 19.6 Å². The molecule has 0 spiro atoms. The summed E-state index contributed by atoms with van der Waals surface area (Å²) in [6, 6.07) is 0.241. The first kappa shape index (κ1) is 16.3. The van der Waals surface area contributed by atoms with Crippen LogP contribution < -0.4 is 16.6 Å². The molecule has 1 atom stereocenters. The highest BCUT2D eigenvalue weighted by Gasteiger charge is 2.18. The average Bonchev–Trinajstić information content (AvgIpc) is 2.81.